The maximum absolute atomic E-state index is 12.9. The summed E-state index contributed by atoms with van der Waals surface area (Å²) in [6.45, 7) is -2.19. The predicted octanol–water partition coefficient (Wildman–Crippen LogP) is -3.41. The van der Waals surface area contributed by atoms with Gasteiger partial charge < -0.3 is 114 Å². The van der Waals surface area contributed by atoms with Crippen molar-refractivity contribution in [1.82, 2.24) is 0 Å². The lowest BCUT2D eigenvalue weighted by Crippen LogP contribution is -2.60. The van der Waals surface area contributed by atoms with Crippen LogP contribution in [0.15, 0.2) is 60.4 Å². The van der Waals surface area contributed by atoms with Crippen molar-refractivity contribution in [3.05, 3.63) is 77.1 Å². The van der Waals surface area contributed by atoms with Crippen LogP contribution in [0.25, 0.3) is 12.2 Å². The van der Waals surface area contributed by atoms with Crippen LogP contribution in [0.2, 0.25) is 0 Å². The van der Waals surface area contributed by atoms with Gasteiger partial charge in [-0.1, -0.05) is 6.07 Å². The highest BCUT2D eigenvalue weighted by Gasteiger charge is 2.49. The minimum atomic E-state index is -1.95. The lowest BCUT2D eigenvalue weighted by molar-refractivity contribution is -0.296. The summed E-state index contributed by atoms with van der Waals surface area (Å²) in [6.07, 6.45) is -23.2. The van der Waals surface area contributed by atoms with Gasteiger partial charge in [0.05, 0.1) is 32.0 Å². The zero-order valence-electron chi connectivity index (χ0n) is 35.1. The second-order valence-electron chi connectivity index (χ2n) is 15.8. The zero-order valence-corrected chi connectivity index (χ0v) is 35.1. The summed E-state index contributed by atoms with van der Waals surface area (Å²) in [5.41, 5.74) is 0.618. The largest absolute Gasteiger partial charge is 0.571 e. The number of aliphatic hydroxyl groups excluding tert-OH is 11. The second kappa shape index (κ2) is 20.8. The van der Waals surface area contributed by atoms with Crippen LogP contribution in [0.1, 0.15) is 22.8 Å². The monoisotopic (exact) mass is 951 g/mol. The molecule has 4 aliphatic rings. The fourth-order valence-electron chi connectivity index (χ4n) is 7.54. The molecule has 24 heteroatoms. The van der Waals surface area contributed by atoms with E-state index >= 15 is 0 Å². The number of aromatic hydroxyl groups is 4. The Morgan fingerprint density at radius 1 is 0.627 bits per heavy atom. The van der Waals surface area contributed by atoms with Gasteiger partial charge in [-0.05, 0) is 42.0 Å². The fourth-order valence-corrected chi connectivity index (χ4v) is 7.54. The molecule has 0 radical (unpaired) electrons. The minimum Gasteiger partial charge on any atom is -0.571 e. The van der Waals surface area contributed by atoms with Crippen LogP contribution in [0.4, 0.5) is 0 Å². The number of aliphatic hydroxyl groups is 12. The quantitative estimate of drug-likeness (QED) is 0.0425. The Labute approximate surface area is 379 Å². The molecule has 3 saturated heterocycles. The predicted molar refractivity (Wildman–Crippen MR) is 220 cm³/mol. The van der Waals surface area contributed by atoms with Crippen LogP contribution in [0, 0.1) is 0 Å². The van der Waals surface area contributed by atoms with Gasteiger partial charge in [0.1, 0.15) is 96.9 Å². The first-order valence-electron chi connectivity index (χ1n) is 20.6. The molecule has 24 nitrogen and oxygen atoms in total. The standard InChI is InChI=1S/C43H50O24/c1-59-24-9-17(4-6-20(24)47)40-26(12-19-22(61-40)10-18(46)11-23(19)62-41-37(56)34(53)31(50)27(13-44)65-41)64-43-39(58)36(55)33(52)29(67-43)15-60-30(49)7-3-16-2-5-21(48)25(8-16)63-42-38(57)35(54)32(51)28(14-45)66-42/h2-12,27-29,31-48,50-58H,13-15H2,1H3/p+1/b7-3+/t27-,28-,29-,31-,32-,33-,34+,35+,36+,37-,38-,39-,40?,41-,42-,43-/m1/s1. The van der Waals surface area contributed by atoms with E-state index in [1.165, 1.54) is 61.7 Å². The van der Waals surface area contributed by atoms with E-state index in [0.29, 0.717) is 5.56 Å². The summed E-state index contributed by atoms with van der Waals surface area (Å²) in [5, 5.41) is 145. The average molecular weight is 952 g/mol. The number of esters is 1. The van der Waals surface area contributed by atoms with Crippen molar-refractivity contribution in [2.75, 3.05) is 26.9 Å². The molecule has 0 amide bonds. The average Bonchev–Trinajstić information content (AvgIpc) is 3.31. The molecular formula is C43H51O24+. The fraction of sp³-hybridized carbons (Fsp3) is 0.465. The third kappa shape index (κ3) is 10.5. The van der Waals surface area contributed by atoms with E-state index in [2.05, 4.69) is 0 Å². The number of phenols is 3. The molecule has 3 aromatic rings. The Morgan fingerprint density at radius 3 is 1.76 bits per heavy atom. The molecular weight excluding hydrogens is 900 g/mol. The van der Waals surface area contributed by atoms with Gasteiger partial charge in [0.2, 0.25) is 18.9 Å². The summed E-state index contributed by atoms with van der Waals surface area (Å²) < 4.78 is 49.5. The van der Waals surface area contributed by atoms with Crippen molar-refractivity contribution in [1.29, 1.82) is 0 Å². The van der Waals surface area contributed by atoms with Crippen molar-refractivity contribution < 1.29 is 119 Å². The molecule has 15 N–H and O–H groups in total. The Kier molecular flexibility index (Phi) is 15.3. The highest BCUT2D eigenvalue weighted by Crippen LogP contribution is 2.47. The number of fused-ring (bicyclic) bond motifs is 1. The number of hydrogen-bond donors (Lipinski definition) is 14. The van der Waals surface area contributed by atoms with E-state index in [9.17, 15) is 76.3 Å². The first-order chi connectivity index (χ1) is 31.9. The van der Waals surface area contributed by atoms with E-state index in [0.717, 1.165) is 12.1 Å². The number of rotatable bonds is 14. The van der Waals surface area contributed by atoms with Crippen molar-refractivity contribution in [2.45, 2.75) is 98.2 Å². The van der Waals surface area contributed by atoms with Crippen molar-refractivity contribution in [3.63, 3.8) is 0 Å². The SMILES string of the molecule is COc1cc(C2[OH+]c3cc(O)cc(O[C@@H]4O[C@H](CO)[C@@H](O)[C@H](O)[C@H]4O)c3C=C2O[C@@H]2O[C@H](COC(=O)/C=C/c3ccc(O)c(O[C@@H]4O[C@H](CO)[C@@H](O)[C@H](O)[C@H]4O)c3)[C@@H](O)[C@H](O)[C@H]2O)ccc1O. The van der Waals surface area contributed by atoms with Gasteiger partial charge in [-0.2, -0.15) is 0 Å². The lowest BCUT2D eigenvalue weighted by atomic mass is 9.98. The smallest absolute Gasteiger partial charge is 0.330 e. The maximum atomic E-state index is 12.9. The number of benzene rings is 3. The van der Waals surface area contributed by atoms with Gasteiger partial charge >= 0.3 is 5.97 Å². The molecule has 0 spiro atoms. The van der Waals surface area contributed by atoms with Gasteiger partial charge in [-0.15, -0.1) is 0 Å². The molecule has 4 aliphatic heterocycles. The number of phenolic OH excluding ortho intramolecular Hbond substituents is 3. The first-order valence-corrected chi connectivity index (χ1v) is 20.6. The number of ether oxygens (including phenoxy) is 9. The van der Waals surface area contributed by atoms with Gasteiger partial charge in [0.25, 0.3) is 11.9 Å². The third-order valence-corrected chi connectivity index (χ3v) is 11.3. The summed E-state index contributed by atoms with van der Waals surface area (Å²) >= 11 is 0. The lowest BCUT2D eigenvalue weighted by Gasteiger charge is -2.41. The Balaban J connectivity index is 1.09. The molecule has 7 rings (SSSR count). The van der Waals surface area contributed by atoms with Crippen LogP contribution < -0.4 is 14.2 Å². The zero-order chi connectivity index (χ0) is 48.4. The molecule has 4 heterocycles. The van der Waals surface area contributed by atoms with Gasteiger partial charge in [0.15, 0.2) is 28.8 Å². The highest BCUT2D eigenvalue weighted by atomic mass is 16.7. The summed E-state index contributed by atoms with van der Waals surface area (Å²) in [5.74, 6) is -2.59. The van der Waals surface area contributed by atoms with E-state index in [1.54, 1.807) is 0 Å². The molecule has 0 bridgehead atoms. The Morgan fingerprint density at radius 2 is 1.16 bits per heavy atom. The molecule has 0 aliphatic carbocycles. The minimum absolute atomic E-state index is 0.0242. The number of hydrogen-bond acceptors (Lipinski definition) is 23. The topological polar surface area (TPSA) is 387 Å². The molecule has 3 fully saturated rings. The van der Waals surface area contributed by atoms with E-state index in [-0.39, 0.29) is 51.4 Å². The Bertz CT molecular complexity index is 2270. The van der Waals surface area contributed by atoms with Gasteiger partial charge in [0, 0.05) is 18.2 Å². The van der Waals surface area contributed by atoms with Crippen molar-refractivity contribution in [3.8, 4) is 40.2 Å². The normalized spacial score (nSPS) is 34.1. The molecule has 67 heavy (non-hydrogen) atoms. The number of carbonyl (C=O) groups is 1. The van der Waals surface area contributed by atoms with E-state index in [1.807, 2.05) is 0 Å². The van der Waals surface area contributed by atoms with Crippen LogP contribution in [-0.4, -0.2) is 201 Å². The van der Waals surface area contributed by atoms with Crippen LogP contribution in [0.3, 0.4) is 0 Å². The number of methoxy groups -OCH3 is 1. The van der Waals surface area contributed by atoms with E-state index in [4.69, 9.17) is 42.6 Å². The molecule has 16 atom stereocenters. The summed E-state index contributed by atoms with van der Waals surface area (Å²) in [6, 6.07) is 10.3. The molecule has 3 aromatic carbocycles. The Hall–Kier alpha value is -5.55. The van der Waals surface area contributed by atoms with Crippen LogP contribution in [-0.2, 0) is 28.5 Å². The summed E-state index contributed by atoms with van der Waals surface area (Å²) in [4.78, 5) is 12.9. The third-order valence-electron chi connectivity index (χ3n) is 11.3. The van der Waals surface area contributed by atoms with Gasteiger partial charge in [-0.3, -0.25) is 0 Å². The molecule has 0 saturated carbocycles. The summed E-state index contributed by atoms with van der Waals surface area (Å²) in [7, 11) is 1.30. The van der Waals surface area contributed by atoms with Gasteiger partial charge in [-0.25, -0.2) is 4.79 Å². The maximum Gasteiger partial charge on any atom is 0.330 e. The number of carbonyl (C=O) groups excluding carboxylic acids is 1. The second-order valence-corrected chi connectivity index (χ2v) is 15.8. The van der Waals surface area contributed by atoms with Crippen molar-refractivity contribution in [2.24, 2.45) is 0 Å². The molecule has 366 valence electrons. The highest BCUT2D eigenvalue weighted by molar-refractivity contribution is 5.87. The van der Waals surface area contributed by atoms with Crippen LogP contribution >= 0.6 is 0 Å². The first kappa shape index (κ1) is 49.4. The van der Waals surface area contributed by atoms with Crippen molar-refractivity contribution >= 4 is 18.1 Å². The van der Waals surface area contributed by atoms with Crippen LogP contribution in [0.5, 0.6) is 40.2 Å². The molecule has 0 aromatic heterocycles. The van der Waals surface area contributed by atoms with E-state index < -0.39 is 130 Å². The molecule has 1 unspecified atom stereocenters.